The number of benzene rings is 1. The van der Waals surface area contributed by atoms with Gasteiger partial charge in [0, 0.05) is 18.2 Å². The molecule has 0 spiro atoms. The van der Waals surface area contributed by atoms with E-state index < -0.39 is 11.3 Å². The van der Waals surface area contributed by atoms with Crippen molar-refractivity contribution in [1.82, 2.24) is 10.4 Å². The summed E-state index contributed by atoms with van der Waals surface area (Å²) in [5.41, 5.74) is 3.92. The van der Waals surface area contributed by atoms with Gasteiger partial charge in [-0.25, -0.2) is 5.48 Å². The number of rotatable bonds is 5. The molecule has 1 aliphatic carbocycles. The Balaban J connectivity index is 2.24. The monoisotopic (exact) mass is 332 g/mol. The Kier molecular flexibility index (Phi) is 5.65. The van der Waals surface area contributed by atoms with Crippen molar-refractivity contribution in [2.24, 2.45) is 5.41 Å². The number of amides is 2. The number of aryl methyl sites for hydroxylation is 1. The molecule has 132 valence electrons. The van der Waals surface area contributed by atoms with Crippen molar-refractivity contribution in [2.45, 2.75) is 59.4 Å². The van der Waals surface area contributed by atoms with Crippen molar-refractivity contribution in [3.05, 3.63) is 34.9 Å². The fourth-order valence-electron chi connectivity index (χ4n) is 3.52. The molecule has 0 saturated heterocycles. The van der Waals surface area contributed by atoms with Gasteiger partial charge < -0.3 is 4.90 Å². The first-order valence-electron chi connectivity index (χ1n) is 8.69. The van der Waals surface area contributed by atoms with E-state index in [1.165, 1.54) is 0 Å². The second-order valence-corrected chi connectivity index (χ2v) is 7.25. The number of hydrogen-bond donors (Lipinski definition) is 2. The van der Waals surface area contributed by atoms with Gasteiger partial charge in [0.05, 0.1) is 5.41 Å². The summed E-state index contributed by atoms with van der Waals surface area (Å²) in [5, 5.41) is 8.76. The van der Waals surface area contributed by atoms with E-state index in [2.05, 4.69) is 27.7 Å². The van der Waals surface area contributed by atoms with E-state index >= 15 is 0 Å². The second kappa shape index (κ2) is 7.34. The van der Waals surface area contributed by atoms with Crippen LogP contribution in [0.4, 0.5) is 0 Å². The summed E-state index contributed by atoms with van der Waals surface area (Å²) in [6.45, 7) is 9.06. The number of hydrogen-bond acceptors (Lipinski definition) is 3. The first-order chi connectivity index (χ1) is 11.3. The maximum atomic E-state index is 13.1. The fourth-order valence-corrected chi connectivity index (χ4v) is 3.52. The van der Waals surface area contributed by atoms with Crippen LogP contribution in [-0.2, 0) is 17.6 Å². The molecule has 2 N–H and O–H groups in total. The first kappa shape index (κ1) is 18.5. The summed E-state index contributed by atoms with van der Waals surface area (Å²) in [4.78, 5) is 26.6. The van der Waals surface area contributed by atoms with E-state index in [0.717, 1.165) is 36.9 Å². The molecule has 0 aliphatic heterocycles. The molecule has 0 aromatic heterocycles. The molecule has 0 radical (unpaired) electrons. The Morgan fingerprint density at radius 3 is 2.62 bits per heavy atom. The number of nitrogens with zero attached hydrogens (tertiary/aromatic N) is 1. The molecule has 0 heterocycles. The Labute approximate surface area is 144 Å². The molecule has 0 saturated carbocycles. The van der Waals surface area contributed by atoms with Crippen LogP contribution in [0, 0.1) is 5.41 Å². The van der Waals surface area contributed by atoms with Crippen LogP contribution in [0.2, 0.25) is 0 Å². The molecular formula is C19H28N2O3. The number of carbonyl (C=O) groups is 2. The van der Waals surface area contributed by atoms with Crippen molar-refractivity contribution < 1.29 is 14.8 Å². The van der Waals surface area contributed by atoms with Gasteiger partial charge in [-0.05, 0) is 62.8 Å². The van der Waals surface area contributed by atoms with Crippen LogP contribution >= 0.6 is 0 Å². The number of hydroxylamine groups is 1. The molecular weight excluding hydrogens is 304 g/mol. The predicted octanol–water partition coefficient (Wildman–Crippen LogP) is 2.95. The molecule has 1 atom stereocenters. The highest BCUT2D eigenvalue weighted by Crippen LogP contribution is 2.37. The van der Waals surface area contributed by atoms with Gasteiger partial charge in [-0.15, -0.1) is 0 Å². The summed E-state index contributed by atoms with van der Waals surface area (Å²) >= 11 is 0. The molecule has 24 heavy (non-hydrogen) atoms. The van der Waals surface area contributed by atoms with E-state index in [9.17, 15) is 9.59 Å². The third-order valence-electron chi connectivity index (χ3n) is 4.96. The van der Waals surface area contributed by atoms with Gasteiger partial charge in [0.1, 0.15) is 0 Å². The van der Waals surface area contributed by atoms with Crippen molar-refractivity contribution in [2.75, 3.05) is 6.54 Å². The molecule has 1 unspecified atom stereocenters. The Bertz CT molecular complexity index is 627. The molecule has 1 aromatic rings. The van der Waals surface area contributed by atoms with Gasteiger partial charge in [0.15, 0.2) is 0 Å². The maximum absolute atomic E-state index is 13.1. The Morgan fingerprint density at radius 2 is 2.04 bits per heavy atom. The Hall–Kier alpha value is -1.88. The zero-order valence-electron chi connectivity index (χ0n) is 15.1. The molecule has 2 amide bonds. The lowest BCUT2D eigenvalue weighted by molar-refractivity contribution is -0.143. The lowest BCUT2D eigenvalue weighted by Gasteiger charge is -2.39. The standard InChI is InChI=1S/C19H28N2O3/c1-5-10-21(13(2)3)18(23)19(4)9-8-14-11-15(17(22)20-24)6-7-16(14)12-19/h6-7,11,13,24H,5,8-10,12H2,1-4H3,(H,20,22). The summed E-state index contributed by atoms with van der Waals surface area (Å²) in [7, 11) is 0. The minimum Gasteiger partial charge on any atom is -0.340 e. The summed E-state index contributed by atoms with van der Waals surface area (Å²) in [6.07, 6.45) is 3.18. The van der Waals surface area contributed by atoms with E-state index in [1.54, 1.807) is 11.5 Å². The highest BCUT2D eigenvalue weighted by atomic mass is 16.5. The van der Waals surface area contributed by atoms with Crippen molar-refractivity contribution in [3.63, 3.8) is 0 Å². The van der Waals surface area contributed by atoms with Crippen molar-refractivity contribution in [1.29, 1.82) is 0 Å². The van der Waals surface area contributed by atoms with E-state index in [-0.39, 0.29) is 11.9 Å². The summed E-state index contributed by atoms with van der Waals surface area (Å²) in [5.74, 6) is -0.279. The smallest absolute Gasteiger partial charge is 0.274 e. The third kappa shape index (κ3) is 3.61. The van der Waals surface area contributed by atoms with E-state index in [0.29, 0.717) is 12.0 Å². The second-order valence-electron chi connectivity index (χ2n) is 7.25. The molecule has 1 aliphatic rings. The van der Waals surface area contributed by atoms with E-state index in [1.807, 2.05) is 17.0 Å². The van der Waals surface area contributed by atoms with Crippen LogP contribution in [-0.4, -0.2) is 34.5 Å². The van der Waals surface area contributed by atoms with Crippen LogP contribution in [0.15, 0.2) is 18.2 Å². The van der Waals surface area contributed by atoms with Gasteiger partial charge in [0.2, 0.25) is 5.91 Å². The highest BCUT2D eigenvalue weighted by Gasteiger charge is 2.40. The van der Waals surface area contributed by atoms with Crippen LogP contribution in [0.1, 0.15) is 62.0 Å². The lowest BCUT2D eigenvalue weighted by atomic mass is 9.71. The lowest BCUT2D eigenvalue weighted by Crippen LogP contribution is -2.48. The fraction of sp³-hybridized carbons (Fsp3) is 0.579. The van der Waals surface area contributed by atoms with Gasteiger partial charge in [-0.2, -0.15) is 0 Å². The summed E-state index contributed by atoms with van der Waals surface area (Å²) in [6, 6.07) is 5.63. The van der Waals surface area contributed by atoms with Gasteiger partial charge in [0.25, 0.3) is 5.91 Å². The van der Waals surface area contributed by atoms with Gasteiger partial charge >= 0.3 is 0 Å². The maximum Gasteiger partial charge on any atom is 0.274 e. The minimum atomic E-state index is -0.504. The molecule has 5 heteroatoms. The molecule has 1 aromatic carbocycles. The molecule has 0 fully saturated rings. The zero-order valence-corrected chi connectivity index (χ0v) is 15.1. The number of fused-ring (bicyclic) bond motifs is 1. The van der Waals surface area contributed by atoms with Crippen molar-refractivity contribution in [3.8, 4) is 0 Å². The van der Waals surface area contributed by atoms with Crippen molar-refractivity contribution >= 4 is 11.8 Å². The first-order valence-corrected chi connectivity index (χ1v) is 8.69. The minimum absolute atomic E-state index is 0.200. The zero-order chi connectivity index (χ0) is 17.9. The quantitative estimate of drug-likeness (QED) is 0.643. The molecule has 0 bridgehead atoms. The average molecular weight is 332 g/mol. The SMILES string of the molecule is CCCN(C(=O)C1(C)CCc2cc(C(=O)NO)ccc2C1)C(C)C. The van der Waals surface area contributed by atoms with Crippen LogP contribution in [0.5, 0.6) is 0 Å². The van der Waals surface area contributed by atoms with Crippen LogP contribution in [0.25, 0.3) is 0 Å². The highest BCUT2D eigenvalue weighted by molar-refractivity contribution is 5.93. The molecule has 2 rings (SSSR count). The summed E-state index contributed by atoms with van der Waals surface area (Å²) < 4.78 is 0. The number of carbonyl (C=O) groups excluding carboxylic acids is 2. The van der Waals surface area contributed by atoms with Gasteiger partial charge in [-0.3, -0.25) is 14.8 Å². The van der Waals surface area contributed by atoms with Gasteiger partial charge in [-0.1, -0.05) is 19.9 Å². The predicted molar refractivity (Wildman–Crippen MR) is 93.0 cm³/mol. The number of nitrogens with one attached hydrogen (secondary N) is 1. The topological polar surface area (TPSA) is 69.6 Å². The Morgan fingerprint density at radius 1 is 1.33 bits per heavy atom. The normalized spacial score (nSPS) is 19.8. The largest absolute Gasteiger partial charge is 0.340 e. The third-order valence-corrected chi connectivity index (χ3v) is 4.96. The molecule has 5 nitrogen and oxygen atoms in total. The van der Waals surface area contributed by atoms with E-state index in [4.69, 9.17) is 5.21 Å². The average Bonchev–Trinajstić information content (AvgIpc) is 2.57. The van der Waals surface area contributed by atoms with Crippen LogP contribution < -0.4 is 5.48 Å². The van der Waals surface area contributed by atoms with Crippen LogP contribution in [0.3, 0.4) is 0 Å².